The molecule has 2 heteroatoms. The van der Waals surface area contributed by atoms with Gasteiger partial charge in [-0.1, -0.05) is 43.0 Å². The summed E-state index contributed by atoms with van der Waals surface area (Å²) in [6, 6.07) is 9.59. The SMILES string of the molecule is C=CC(=Cc1ccccc1)C(=O)OCC. The van der Waals surface area contributed by atoms with Gasteiger partial charge < -0.3 is 4.74 Å². The van der Waals surface area contributed by atoms with Gasteiger partial charge in [-0.3, -0.25) is 0 Å². The fourth-order valence-electron chi connectivity index (χ4n) is 1.14. The Hall–Kier alpha value is -1.83. The normalized spacial score (nSPS) is 10.9. The number of ether oxygens (including phenoxy) is 1. The Morgan fingerprint density at radius 3 is 2.60 bits per heavy atom. The Kier molecular flexibility index (Phi) is 4.35. The third-order valence-electron chi connectivity index (χ3n) is 1.85. The third kappa shape index (κ3) is 3.43. The van der Waals surface area contributed by atoms with Gasteiger partial charge >= 0.3 is 5.97 Å². The highest BCUT2D eigenvalue weighted by Crippen LogP contribution is 2.08. The molecule has 0 aliphatic heterocycles. The van der Waals surface area contributed by atoms with Gasteiger partial charge in [-0.15, -0.1) is 0 Å². The van der Waals surface area contributed by atoms with Crippen LogP contribution in [-0.4, -0.2) is 12.6 Å². The van der Waals surface area contributed by atoms with Crippen molar-refractivity contribution in [2.45, 2.75) is 6.92 Å². The number of carbonyl (C=O) groups excluding carboxylic acids is 1. The topological polar surface area (TPSA) is 26.3 Å². The fourth-order valence-corrected chi connectivity index (χ4v) is 1.14. The first kappa shape index (κ1) is 11.2. The molecule has 0 aromatic heterocycles. The van der Waals surface area contributed by atoms with Crippen molar-refractivity contribution in [1.29, 1.82) is 0 Å². The molecule has 1 aromatic carbocycles. The van der Waals surface area contributed by atoms with E-state index in [-0.39, 0.29) is 5.97 Å². The molecule has 15 heavy (non-hydrogen) atoms. The Morgan fingerprint density at radius 1 is 1.40 bits per heavy atom. The van der Waals surface area contributed by atoms with Crippen LogP contribution >= 0.6 is 0 Å². The van der Waals surface area contributed by atoms with Crippen LogP contribution in [0.3, 0.4) is 0 Å². The van der Waals surface area contributed by atoms with Crippen LogP contribution in [0, 0.1) is 0 Å². The predicted octanol–water partition coefficient (Wildman–Crippen LogP) is 2.82. The van der Waals surface area contributed by atoms with Gasteiger partial charge in [0.25, 0.3) is 0 Å². The van der Waals surface area contributed by atoms with E-state index in [0.717, 1.165) is 5.56 Å². The van der Waals surface area contributed by atoms with Crippen molar-refractivity contribution >= 4 is 12.0 Å². The quantitative estimate of drug-likeness (QED) is 0.426. The third-order valence-corrected chi connectivity index (χ3v) is 1.85. The monoisotopic (exact) mass is 202 g/mol. The lowest BCUT2D eigenvalue weighted by Gasteiger charge is -2.01. The fraction of sp³-hybridized carbons (Fsp3) is 0.154. The molecule has 0 aliphatic carbocycles. The summed E-state index contributed by atoms with van der Waals surface area (Å²) in [5.41, 5.74) is 1.43. The molecule has 1 aromatic rings. The van der Waals surface area contributed by atoms with Gasteiger partial charge in [0.15, 0.2) is 0 Å². The maximum absolute atomic E-state index is 11.4. The molecule has 0 unspecified atom stereocenters. The maximum Gasteiger partial charge on any atom is 0.338 e. The van der Waals surface area contributed by atoms with Crippen LogP contribution < -0.4 is 0 Å². The van der Waals surface area contributed by atoms with Gasteiger partial charge in [-0.25, -0.2) is 4.79 Å². The average molecular weight is 202 g/mol. The summed E-state index contributed by atoms with van der Waals surface area (Å²) in [5, 5.41) is 0. The first-order valence-electron chi connectivity index (χ1n) is 4.84. The lowest BCUT2D eigenvalue weighted by molar-refractivity contribution is -0.138. The van der Waals surface area contributed by atoms with Gasteiger partial charge in [-0.2, -0.15) is 0 Å². The second kappa shape index (κ2) is 5.81. The summed E-state index contributed by atoms with van der Waals surface area (Å²) in [4.78, 5) is 11.4. The minimum atomic E-state index is -0.337. The Balaban J connectivity index is 2.87. The van der Waals surface area contributed by atoms with Gasteiger partial charge in [0.05, 0.1) is 12.2 Å². The van der Waals surface area contributed by atoms with E-state index in [1.54, 1.807) is 13.0 Å². The molecule has 0 radical (unpaired) electrons. The number of carbonyl (C=O) groups is 1. The summed E-state index contributed by atoms with van der Waals surface area (Å²) in [7, 11) is 0. The lowest BCUT2D eigenvalue weighted by Crippen LogP contribution is -2.05. The van der Waals surface area contributed by atoms with Crippen LogP contribution in [-0.2, 0) is 9.53 Å². The van der Waals surface area contributed by atoms with E-state index in [1.807, 2.05) is 30.3 Å². The summed E-state index contributed by atoms with van der Waals surface area (Å²) >= 11 is 0. The molecule has 0 heterocycles. The highest BCUT2D eigenvalue weighted by molar-refractivity contribution is 5.96. The molecular formula is C13H14O2. The molecule has 0 fully saturated rings. The second-order valence-corrected chi connectivity index (χ2v) is 2.93. The average Bonchev–Trinajstić information content (AvgIpc) is 2.27. The molecule has 1 rings (SSSR count). The van der Waals surface area contributed by atoms with Crippen molar-refractivity contribution in [2.75, 3.05) is 6.61 Å². The van der Waals surface area contributed by atoms with Crippen LogP contribution in [0.1, 0.15) is 12.5 Å². The predicted molar refractivity (Wildman–Crippen MR) is 61.2 cm³/mol. The number of hydrogen-bond donors (Lipinski definition) is 0. The molecule has 0 bridgehead atoms. The van der Waals surface area contributed by atoms with E-state index in [9.17, 15) is 4.79 Å². The molecule has 78 valence electrons. The first-order chi connectivity index (χ1) is 7.27. The molecule has 0 aliphatic rings. The molecule has 0 saturated heterocycles. The molecule has 0 saturated carbocycles. The zero-order valence-corrected chi connectivity index (χ0v) is 8.77. The minimum absolute atomic E-state index is 0.337. The highest BCUT2D eigenvalue weighted by Gasteiger charge is 2.05. The largest absolute Gasteiger partial charge is 0.462 e. The Morgan fingerprint density at radius 2 is 2.07 bits per heavy atom. The molecular weight excluding hydrogens is 188 g/mol. The van der Waals surface area contributed by atoms with Crippen LogP contribution in [0.4, 0.5) is 0 Å². The number of rotatable bonds is 4. The van der Waals surface area contributed by atoms with Crippen molar-refractivity contribution in [3.63, 3.8) is 0 Å². The lowest BCUT2D eigenvalue weighted by atomic mass is 10.1. The van der Waals surface area contributed by atoms with E-state index in [4.69, 9.17) is 4.74 Å². The summed E-state index contributed by atoms with van der Waals surface area (Å²) < 4.78 is 4.89. The van der Waals surface area contributed by atoms with Crippen molar-refractivity contribution in [1.82, 2.24) is 0 Å². The minimum Gasteiger partial charge on any atom is -0.462 e. The van der Waals surface area contributed by atoms with E-state index < -0.39 is 0 Å². The zero-order valence-electron chi connectivity index (χ0n) is 8.77. The first-order valence-corrected chi connectivity index (χ1v) is 4.84. The van der Waals surface area contributed by atoms with Crippen molar-refractivity contribution in [2.24, 2.45) is 0 Å². The zero-order chi connectivity index (χ0) is 11.1. The summed E-state index contributed by atoms with van der Waals surface area (Å²) in [6.45, 7) is 5.74. The van der Waals surface area contributed by atoms with Gasteiger partial charge in [0.1, 0.15) is 0 Å². The molecule has 0 spiro atoms. The van der Waals surface area contributed by atoms with Crippen LogP contribution in [0.25, 0.3) is 6.08 Å². The van der Waals surface area contributed by atoms with Crippen LogP contribution in [0.15, 0.2) is 48.6 Å². The smallest absolute Gasteiger partial charge is 0.338 e. The van der Waals surface area contributed by atoms with E-state index >= 15 is 0 Å². The Labute approximate surface area is 89.9 Å². The number of benzene rings is 1. The van der Waals surface area contributed by atoms with Crippen LogP contribution in [0.2, 0.25) is 0 Å². The Bertz CT molecular complexity index is 363. The van der Waals surface area contributed by atoms with Crippen molar-refractivity contribution in [3.05, 3.63) is 54.1 Å². The van der Waals surface area contributed by atoms with E-state index in [1.165, 1.54) is 6.08 Å². The maximum atomic E-state index is 11.4. The molecule has 0 atom stereocenters. The van der Waals surface area contributed by atoms with Crippen molar-refractivity contribution in [3.8, 4) is 0 Å². The van der Waals surface area contributed by atoms with Crippen molar-refractivity contribution < 1.29 is 9.53 Å². The van der Waals surface area contributed by atoms with Gasteiger partial charge in [-0.05, 0) is 18.6 Å². The number of esters is 1. The molecule has 0 N–H and O–H groups in total. The van der Waals surface area contributed by atoms with Gasteiger partial charge in [0, 0.05) is 0 Å². The summed E-state index contributed by atoms with van der Waals surface area (Å²) in [5.74, 6) is -0.337. The van der Waals surface area contributed by atoms with Gasteiger partial charge in [0.2, 0.25) is 0 Å². The van der Waals surface area contributed by atoms with Crippen LogP contribution in [0.5, 0.6) is 0 Å². The van der Waals surface area contributed by atoms with E-state index in [0.29, 0.717) is 12.2 Å². The van der Waals surface area contributed by atoms with E-state index in [2.05, 4.69) is 6.58 Å². The summed E-state index contributed by atoms with van der Waals surface area (Å²) in [6.07, 6.45) is 3.26. The molecule has 2 nitrogen and oxygen atoms in total. The standard InChI is InChI=1S/C13H14O2/c1-3-12(13(14)15-4-2)10-11-8-6-5-7-9-11/h3,5-10H,1,4H2,2H3. The molecule has 0 amide bonds. The highest BCUT2D eigenvalue weighted by atomic mass is 16.5. The number of hydrogen-bond acceptors (Lipinski definition) is 2. The second-order valence-electron chi connectivity index (χ2n) is 2.93.